The van der Waals surface area contributed by atoms with Gasteiger partial charge in [0, 0.05) is 26.6 Å². The molecule has 1 aromatic carbocycles. The predicted octanol–water partition coefficient (Wildman–Crippen LogP) is 1.25. The molecule has 2 heterocycles. The highest BCUT2D eigenvalue weighted by Crippen LogP contribution is 2.42. The molecule has 1 saturated carbocycles. The number of carbonyl (C=O) groups is 1. The molecule has 1 aliphatic carbocycles. The van der Waals surface area contributed by atoms with Gasteiger partial charge in [-0.2, -0.15) is 0 Å². The van der Waals surface area contributed by atoms with E-state index in [1.165, 1.54) is 0 Å². The number of nitrogens with zero attached hydrogens (tertiary/aromatic N) is 2. The van der Waals surface area contributed by atoms with Gasteiger partial charge in [0.15, 0.2) is 0 Å². The Labute approximate surface area is 151 Å². The van der Waals surface area contributed by atoms with Crippen LogP contribution in [0.25, 0.3) is 11.0 Å². The molecular formula is C19H25N3O4. The zero-order chi connectivity index (χ0) is 18.3. The Kier molecular flexibility index (Phi) is 4.36. The van der Waals surface area contributed by atoms with Crippen LogP contribution in [0.4, 0.5) is 0 Å². The maximum absolute atomic E-state index is 12.9. The highest BCUT2D eigenvalue weighted by atomic mass is 16.5. The van der Waals surface area contributed by atoms with Crippen LogP contribution < -0.4 is 5.69 Å². The van der Waals surface area contributed by atoms with Crippen LogP contribution >= 0.6 is 0 Å². The van der Waals surface area contributed by atoms with E-state index in [-0.39, 0.29) is 35.8 Å². The molecule has 0 spiro atoms. The highest BCUT2D eigenvalue weighted by Gasteiger charge is 2.52. The van der Waals surface area contributed by atoms with Crippen LogP contribution in [0.2, 0.25) is 0 Å². The van der Waals surface area contributed by atoms with Gasteiger partial charge in [0.25, 0.3) is 0 Å². The zero-order valence-corrected chi connectivity index (χ0v) is 15.0. The quantitative estimate of drug-likeness (QED) is 0.860. The molecule has 7 nitrogen and oxygen atoms in total. The summed E-state index contributed by atoms with van der Waals surface area (Å²) in [6.07, 6.45) is 2.74. The number of amides is 1. The number of aliphatic hydroxyl groups excluding tert-OH is 1. The van der Waals surface area contributed by atoms with Crippen molar-refractivity contribution in [1.29, 1.82) is 0 Å². The molecule has 3 atom stereocenters. The van der Waals surface area contributed by atoms with Crippen molar-refractivity contribution in [2.24, 2.45) is 0 Å². The van der Waals surface area contributed by atoms with E-state index in [4.69, 9.17) is 4.74 Å². The van der Waals surface area contributed by atoms with E-state index in [9.17, 15) is 14.7 Å². The number of aromatic amines is 1. The number of methoxy groups -OCH3 is 1. The Bertz CT molecular complexity index is 873. The van der Waals surface area contributed by atoms with Gasteiger partial charge in [-0.15, -0.1) is 0 Å². The number of fused-ring (bicyclic) bond motifs is 2. The second kappa shape index (κ2) is 6.55. The second-order valence-electron chi connectivity index (χ2n) is 7.40. The molecule has 7 heteroatoms. The van der Waals surface area contributed by atoms with Crippen molar-refractivity contribution in [3.8, 4) is 0 Å². The van der Waals surface area contributed by atoms with Crippen LogP contribution in [0.3, 0.4) is 0 Å². The molecule has 2 fully saturated rings. The topological polar surface area (TPSA) is 87.6 Å². The van der Waals surface area contributed by atoms with Gasteiger partial charge in [-0.05, 0) is 37.8 Å². The smallest absolute Gasteiger partial charge is 0.326 e. The van der Waals surface area contributed by atoms with Crippen molar-refractivity contribution in [2.45, 2.75) is 56.4 Å². The number of carbonyl (C=O) groups excluding carboxylic acids is 1. The van der Waals surface area contributed by atoms with Crippen LogP contribution in [0.15, 0.2) is 29.1 Å². The standard InChI is InChI=1S/C19H25N3O4/c1-26-19-8-6-13(23)12-16(19)22(11-9-19)17(24)7-10-21-15-5-3-2-4-14(15)20-18(21)25/h2-5,13,16,23H,6-12H2,1H3,(H,20,25)/t13?,16?,19-/m1/s1. The van der Waals surface area contributed by atoms with Crippen molar-refractivity contribution < 1.29 is 14.6 Å². The summed E-state index contributed by atoms with van der Waals surface area (Å²) in [6.45, 7) is 0.986. The third kappa shape index (κ3) is 2.75. The van der Waals surface area contributed by atoms with Crippen molar-refractivity contribution in [3.05, 3.63) is 34.7 Å². The number of hydrogen-bond donors (Lipinski definition) is 2. The maximum atomic E-state index is 12.9. The van der Waals surface area contributed by atoms with Crippen LogP contribution in [0.1, 0.15) is 32.1 Å². The molecule has 2 N–H and O–H groups in total. The normalized spacial score (nSPS) is 28.5. The minimum Gasteiger partial charge on any atom is -0.393 e. The molecule has 1 aromatic heterocycles. The van der Waals surface area contributed by atoms with Crippen molar-refractivity contribution in [1.82, 2.24) is 14.5 Å². The molecular weight excluding hydrogens is 334 g/mol. The summed E-state index contributed by atoms with van der Waals surface area (Å²) in [5, 5.41) is 10.1. The Hall–Kier alpha value is -2.12. The van der Waals surface area contributed by atoms with E-state index in [1.807, 2.05) is 29.2 Å². The molecule has 0 bridgehead atoms. The van der Waals surface area contributed by atoms with Crippen molar-refractivity contribution >= 4 is 16.9 Å². The van der Waals surface area contributed by atoms with Gasteiger partial charge in [-0.25, -0.2) is 4.79 Å². The summed E-state index contributed by atoms with van der Waals surface area (Å²) >= 11 is 0. The lowest BCUT2D eigenvalue weighted by Gasteiger charge is -2.42. The van der Waals surface area contributed by atoms with Gasteiger partial charge in [0.1, 0.15) is 0 Å². The molecule has 2 aromatic rings. The van der Waals surface area contributed by atoms with Crippen LogP contribution in [-0.2, 0) is 16.1 Å². The first-order valence-electron chi connectivity index (χ1n) is 9.24. The Morgan fingerprint density at radius 3 is 3.00 bits per heavy atom. The summed E-state index contributed by atoms with van der Waals surface area (Å²) in [5.74, 6) is 0.0141. The van der Waals surface area contributed by atoms with E-state index in [0.29, 0.717) is 19.5 Å². The van der Waals surface area contributed by atoms with E-state index >= 15 is 0 Å². The van der Waals surface area contributed by atoms with Gasteiger partial charge in [-0.1, -0.05) is 12.1 Å². The fourth-order valence-corrected chi connectivity index (χ4v) is 4.65. The number of ether oxygens (including phenoxy) is 1. The summed E-state index contributed by atoms with van der Waals surface area (Å²) in [6, 6.07) is 7.40. The number of aromatic nitrogens is 2. The molecule has 1 saturated heterocycles. The van der Waals surface area contributed by atoms with E-state index in [2.05, 4.69) is 4.98 Å². The summed E-state index contributed by atoms with van der Waals surface area (Å²) in [5.41, 5.74) is 1.07. The second-order valence-corrected chi connectivity index (χ2v) is 7.40. The van der Waals surface area contributed by atoms with Gasteiger partial charge >= 0.3 is 5.69 Å². The van der Waals surface area contributed by atoms with Crippen molar-refractivity contribution in [2.75, 3.05) is 13.7 Å². The van der Waals surface area contributed by atoms with E-state index < -0.39 is 0 Å². The molecule has 0 radical (unpaired) electrons. The molecule has 140 valence electrons. The fraction of sp³-hybridized carbons (Fsp3) is 0.579. The molecule has 2 unspecified atom stereocenters. The zero-order valence-electron chi connectivity index (χ0n) is 15.0. The van der Waals surface area contributed by atoms with Crippen LogP contribution in [-0.4, -0.2) is 56.9 Å². The number of rotatable bonds is 4. The lowest BCUT2D eigenvalue weighted by Crippen LogP contribution is -2.52. The average molecular weight is 359 g/mol. The number of hydrogen-bond acceptors (Lipinski definition) is 4. The molecule has 4 rings (SSSR count). The van der Waals surface area contributed by atoms with Gasteiger partial charge < -0.3 is 19.7 Å². The number of aliphatic hydroxyl groups is 1. The minimum absolute atomic E-state index is 0.0141. The first kappa shape index (κ1) is 17.3. The third-order valence-electron chi connectivity index (χ3n) is 6.11. The van der Waals surface area contributed by atoms with E-state index in [1.54, 1.807) is 11.7 Å². The SMILES string of the molecule is CO[C@@]12CCC(O)CC1N(C(=O)CCn1c(=O)[nH]c3ccccc31)CC2. The minimum atomic E-state index is -0.382. The maximum Gasteiger partial charge on any atom is 0.326 e. The van der Waals surface area contributed by atoms with Crippen LogP contribution in [0, 0.1) is 0 Å². The highest BCUT2D eigenvalue weighted by molar-refractivity contribution is 5.78. The summed E-state index contributed by atoms with van der Waals surface area (Å²) in [7, 11) is 1.70. The van der Waals surface area contributed by atoms with Gasteiger partial charge in [-0.3, -0.25) is 9.36 Å². The number of benzene rings is 1. The fourth-order valence-electron chi connectivity index (χ4n) is 4.65. The first-order valence-corrected chi connectivity index (χ1v) is 9.24. The lowest BCUT2D eigenvalue weighted by atomic mass is 9.79. The van der Waals surface area contributed by atoms with Gasteiger partial charge in [0.2, 0.25) is 5.91 Å². The number of aryl methyl sites for hydroxylation is 1. The Morgan fingerprint density at radius 2 is 2.19 bits per heavy atom. The molecule has 1 amide bonds. The number of nitrogens with one attached hydrogen (secondary N) is 1. The average Bonchev–Trinajstić information content (AvgIpc) is 3.17. The number of likely N-dealkylation sites (tertiary alicyclic amines) is 1. The Morgan fingerprint density at radius 1 is 1.38 bits per heavy atom. The monoisotopic (exact) mass is 359 g/mol. The van der Waals surface area contributed by atoms with Gasteiger partial charge in [0.05, 0.1) is 28.8 Å². The Balaban J connectivity index is 1.50. The third-order valence-corrected chi connectivity index (χ3v) is 6.11. The number of H-pyrrole nitrogens is 1. The van der Waals surface area contributed by atoms with E-state index in [0.717, 1.165) is 30.3 Å². The largest absolute Gasteiger partial charge is 0.393 e. The van der Waals surface area contributed by atoms with Crippen molar-refractivity contribution in [3.63, 3.8) is 0 Å². The van der Waals surface area contributed by atoms with Crippen LogP contribution in [0.5, 0.6) is 0 Å². The molecule has 26 heavy (non-hydrogen) atoms. The molecule has 2 aliphatic rings. The first-order chi connectivity index (χ1) is 12.5. The number of imidazole rings is 1. The summed E-state index contributed by atoms with van der Waals surface area (Å²) < 4.78 is 7.41. The predicted molar refractivity (Wildman–Crippen MR) is 96.9 cm³/mol. The molecule has 1 aliphatic heterocycles. The number of para-hydroxylation sites is 2. The lowest BCUT2D eigenvalue weighted by molar-refractivity contribution is -0.140. The summed E-state index contributed by atoms with van der Waals surface area (Å²) in [4.78, 5) is 29.7.